The van der Waals surface area contributed by atoms with Gasteiger partial charge in [0.15, 0.2) is 0 Å². The number of benzene rings is 1. The van der Waals surface area contributed by atoms with Gasteiger partial charge in [-0.05, 0) is 23.8 Å². The first-order valence-corrected chi connectivity index (χ1v) is 7.19. The van der Waals surface area contributed by atoms with E-state index in [1.165, 1.54) is 7.11 Å². The lowest BCUT2D eigenvalue weighted by Crippen LogP contribution is -2.41. The van der Waals surface area contributed by atoms with E-state index >= 15 is 0 Å². The van der Waals surface area contributed by atoms with Gasteiger partial charge >= 0.3 is 5.97 Å². The van der Waals surface area contributed by atoms with Crippen molar-refractivity contribution in [2.24, 2.45) is 0 Å². The van der Waals surface area contributed by atoms with Crippen molar-refractivity contribution in [3.05, 3.63) is 53.9 Å². The topological polar surface area (TPSA) is 93.5 Å². The summed E-state index contributed by atoms with van der Waals surface area (Å²) in [5, 5.41) is 15.7. The lowest BCUT2D eigenvalue weighted by atomic mass is 10.1. The molecule has 0 spiro atoms. The smallest absolute Gasteiger partial charge is 0.326 e. The van der Waals surface area contributed by atoms with E-state index in [4.69, 9.17) is 9.84 Å². The van der Waals surface area contributed by atoms with Crippen molar-refractivity contribution in [1.29, 1.82) is 0 Å². The van der Waals surface area contributed by atoms with Gasteiger partial charge in [-0.2, -0.15) is 5.10 Å². The predicted molar refractivity (Wildman–Crippen MR) is 83.2 cm³/mol. The van der Waals surface area contributed by atoms with E-state index < -0.39 is 17.9 Å². The monoisotopic (exact) mass is 317 g/mol. The molecule has 0 saturated heterocycles. The highest BCUT2D eigenvalue weighted by Gasteiger charge is 2.20. The molecular formula is C16H19N3O4. The number of aliphatic carboxylic acids is 1. The number of amides is 1. The number of carbonyl (C=O) groups excluding carboxylic acids is 1. The standard InChI is InChI=1S/C16H19N3O4/c1-23-10-7-14(16(21)22)18-15(20)13-5-3-12(4-6-13)11-19-9-2-8-17-19/h2-6,8-9,14H,7,10-11H2,1H3,(H,18,20)(H,21,22). The Bertz CT molecular complexity index is 638. The van der Waals surface area contributed by atoms with Crippen LogP contribution in [-0.4, -0.2) is 46.5 Å². The number of ether oxygens (including phenoxy) is 1. The van der Waals surface area contributed by atoms with Crippen LogP contribution in [0.3, 0.4) is 0 Å². The minimum atomic E-state index is -1.08. The molecule has 1 atom stereocenters. The molecule has 122 valence electrons. The summed E-state index contributed by atoms with van der Waals surface area (Å²) in [4.78, 5) is 23.2. The van der Waals surface area contributed by atoms with Crippen LogP contribution in [0.1, 0.15) is 22.3 Å². The Morgan fingerprint density at radius 2 is 2.09 bits per heavy atom. The van der Waals surface area contributed by atoms with Crippen molar-refractivity contribution in [2.45, 2.75) is 19.0 Å². The van der Waals surface area contributed by atoms with E-state index in [1.54, 1.807) is 23.0 Å². The Hall–Kier alpha value is -2.67. The van der Waals surface area contributed by atoms with Gasteiger partial charge in [0.2, 0.25) is 0 Å². The summed E-state index contributed by atoms with van der Waals surface area (Å²) < 4.78 is 6.63. The highest BCUT2D eigenvalue weighted by molar-refractivity contribution is 5.96. The largest absolute Gasteiger partial charge is 0.480 e. The van der Waals surface area contributed by atoms with Crippen LogP contribution in [0.25, 0.3) is 0 Å². The quantitative estimate of drug-likeness (QED) is 0.762. The molecule has 0 saturated carbocycles. The number of nitrogens with zero attached hydrogens (tertiary/aromatic N) is 2. The van der Waals surface area contributed by atoms with Gasteiger partial charge in [0.1, 0.15) is 6.04 Å². The van der Waals surface area contributed by atoms with Crippen LogP contribution in [0.2, 0.25) is 0 Å². The van der Waals surface area contributed by atoms with Gasteiger partial charge in [0.25, 0.3) is 5.91 Å². The van der Waals surface area contributed by atoms with Gasteiger partial charge < -0.3 is 15.2 Å². The summed E-state index contributed by atoms with van der Waals surface area (Å²) in [5.41, 5.74) is 1.41. The molecule has 1 aromatic heterocycles. The number of aromatic nitrogens is 2. The second-order valence-corrected chi connectivity index (χ2v) is 5.05. The highest BCUT2D eigenvalue weighted by atomic mass is 16.5. The van der Waals surface area contributed by atoms with Gasteiger partial charge in [-0.15, -0.1) is 0 Å². The predicted octanol–water partition coefficient (Wildman–Crippen LogP) is 1.15. The van der Waals surface area contributed by atoms with E-state index in [0.29, 0.717) is 12.1 Å². The molecule has 1 heterocycles. The lowest BCUT2D eigenvalue weighted by molar-refractivity contribution is -0.139. The third-order valence-corrected chi connectivity index (χ3v) is 3.33. The Morgan fingerprint density at radius 1 is 1.35 bits per heavy atom. The summed E-state index contributed by atoms with van der Waals surface area (Å²) in [6.45, 7) is 0.876. The van der Waals surface area contributed by atoms with E-state index in [0.717, 1.165) is 5.56 Å². The van der Waals surface area contributed by atoms with Gasteiger partial charge in [0.05, 0.1) is 6.54 Å². The molecule has 1 unspecified atom stereocenters. The van der Waals surface area contributed by atoms with Crippen LogP contribution >= 0.6 is 0 Å². The molecular weight excluding hydrogens is 298 g/mol. The third kappa shape index (κ3) is 4.93. The highest BCUT2D eigenvalue weighted by Crippen LogP contribution is 2.07. The first-order valence-electron chi connectivity index (χ1n) is 7.19. The number of carboxylic acid groups (broad SMARTS) is 1. The van der Waals surface area contributed by atoms with Gasteiger partial charge in [-0.3, -0.25) is 9.48 Å². The zero-order valence-corrected chi connectivity index (χ0v) is 12.8. The van der Waals surface area contributed by atoms with Crippen LogP contribution in [0.15, 0.2) is 42.7 Å². The number of hydrogen-bond donors (Lipinski definition) is 2. The van der Waals surface area contributed by atoms with Crippen LogP contribution in [-0.2, 0) is 16.1 Å². The second kappa shape index (κ2) is 8.09. The Kier molecular flexibility index (Phi) is 5.87. The number of methoxy groups -OCH3 is 1. The number of rotatable bonds is 8. The molecule has 7 heteroatoms. The SMILES string of the molecule is COCCC(NC(=O)c1ccc(Cn2cccn2)cc1)C(=O)O. The fourth-order valence-corrected chi connectivity index (χ4v) is 2.08. The molecule has 0 aliphatic rings. The van der Waals surface area contributed by atoms with Crippen LogP contribution < -0.4 is 5.32 Å². The van der Waals surface area contributed by atoms with E-state index in [2.05, 4.69) is 10.4 Å². The average Bonchev–Trinajstić information content (AvgIpc) is 3.04. The fraction of sp³-hybridized carbons (Fsp3) is 0.312. The maximum atomic E-state index is 12.1. The molecule has 23 heavy (non-hydrogen) atoms. The zero-order valence-electron chi connectivity index (χ0n) is 12.8. The van der Waals surface area contributed by atoms with E-state index in [-0.39, 0.29) is 13.0 Å². The fourth-order valence-electron chi connectivity index (χ4n) is 2.08. The molecule has 0 bridgehead atoms. The number of nitrogens with one attached hydrogen (secondary N) is 1. The maximum Gasteiger partial charge on any atom is 0.326 e. The van der Waals surface area contributed by atoms with Crippen LogP contribution in [0.5, 0.6) is 0 Å². The number of carbonyl (C=O) groups is 2. The molecule has 0 aliphatic heterocycles. The van der Waals surface area contributed by atoms with Crippen molar-refractivity contribution in [1.82, 2.24) is 15.1 Å². The maximum absolute atomic E-state index is 12.1. The Morgan fingerprint density at radius 3 is 2.65 bits per heavy atom. The lowest BCUT2D eigenvalue weighted by Gasteiger charge is -2.14. The minimum absolute atomic E-state index is 0.217. The van der Waals surface area contributed by atoms with Gasteiger partial charge in [-0.25, -0.2) is 4.79 Å². The summed E-state index contributed by atoms with van der Waals surface area (Å²) in [7, 11) is 1.49. The average molecular weight is 317 g/mol. The van der Waals surface area contributed by atoms with E-state index in [1.807, 2.05) is 24.4 Å². The van der Waals surface area contributed by atoms with Crippen molar-refractivity contribution in [3.8, 4) is 0 Å². The second-order valence-electron chi connectivity index (χ2n) is 5.05. The molecule has 7 nitrogen and oxygen atoms in total. The molecule has 2 N–H and O–H groups in total. The normalized spacial score (nSPS) is 11.9. The Balaban J connectivity index is 1.97. The van der Waals surface area contributed by atoms with Gasteiger partial charge in [-0.1, -0.05) is 12.1 Å². The first-order chi connectivity index (χ1) is 11.1. The van der Waals surface area contributed by atoms with Crippen LogP contribution in [0, 0.1) is 0 Å². The molecule has 2 rings (SSSR count). The summed E-state index contributed by atoms with van der Waals surface area (Å²) in [6.07, 6.45) is 3.77. The first kappa shape index (κ1) is 16.7. The van der Waals surface area contributed by atoms with E-state index in [9.17, 15) is 9.59 Å². The zero-order chi connectivity index (χ0) is 16.7. The summed E-state index contributed by atoms with van der Waals surface area (Å²) >= 11 is 0. The molecule has 0 fully saturated rings. The molecule has 0 radical (unpaired) electrons. The minimum Gasteiger partial charge on any atom is -0.480 e. The van der Waals surface area contributed by atoms with Crippen molar-refractivity contribution < 1.29 is 19.4 Å². The Labute approximate surface area is 133 Å². The molecule has 1 aromatic carbocycles. The summed E-state index contributed by atoms with van der Waals surface area (Å²) in [5.74, 6) is -1.50. The van der Waals surface area contributed by atoms with Crippen molar-refractivity contribution >= 4 is 11.9 Å². The summed E-state index contributed by atoms with van der Waals surface area (Å²) in [6, 6.07) is 7.86. The molecule has 2 aromatic rings. The van der Waals surface area contributed by atoms with Crippen molar-refractivity contribution in [2.75, 3.05) is 13.7 Å². The van der Waals surface area contributed by atoms with Crippen molar-refractivity contribution in [3.63, 3.8) is 0 Å². The third-order valence-electron chi connectivity index (χ3n) is 3.33. The molecule has 0 aliphatic carbocycles. The molecule has 1 amide bonds. The number of carboxylic acids is 1. The van der Waals surface area contributed by atoms with Gasteiger partial charge in [0, 0.05) is 38.1 Å². The van der Waals surface area contributed by atoms with Crippen LogP contribution in [0.4, 0.5) is 0 Å². The number of hydrogen-bond acceptors (Lipinski definition) is 4.